The van der Waals surface area contributed by atoms with E-state index in [-0.39, 0.29) is 5.69 Å². The number of methoxy groups -OCH3 is 1. The Morgan fingerprint density at radius 3 is 2.58 bits per heavy atom. The number of nitrogens with one attached hydrogen (secondary N) is 1. The number of ether oxygens (including phenoxy) is 2. The maximum atomic E-state index is 12.3. The number of rotatable bonds is 5. The molecule has 0 aliphatic heterocycles. The molecule has 1 amide bonds. The van der Waals surface area contributed by atoms with Crippen molar-refractivity contribution in [3.05, 3.63) is 60.2 Å². The summed E-state index contributed by atoms with van der Waals surface area (Å²) in [4.78, 5) is 11.9. The van der Waals surface area contributed by atoms with Crippen LogP contribution in [0.5, 0.6) is 11.5 Å². The third kappa shape index (κ3) is 5.35. The standard InChI is InChI=1S/C17H14F3NO3/c1-23-13-6-4-5-12(11-13)9-10-16(22)21-14-7-2-3-8-15(14)24-17(18,19)20/h2-11H,1H3,(H,21,22)/b10-9+. The van der Waals surface area contributed by atoms with Gasteiger partial charge in [-0.15, -0.1) is 13.2 Å². The van der Waals surface area contributed by atoms with Crippen molar-refractivity contribution in [1.82, 2.24) is 0 Å². The molecule has 0 aliphatic carbocycles. The summed E-state index contributed by atoms with van der Waals surface area (Å²) >= 11 is 0. The Hall–Kier alpha value is -2.96. The Kier molecular flexibility index (Phi) is 5.47. The summed E-state index contributed by atoms with van der Waals surface area (Å²) in [6, 6.07) is 12.3. The zero-order chi connectivity index (χ0) is 17.6. The highest BCUT2D eigenvalue weighted by atomic mass is 19.4. The lowest BCUT2D eigenvalue weighted by molar-refractivity contribution is -0.274. The topological polar surface area (TPSA) is 47.6 Å². The van der Waals surface area contributed by atoms with Crippen molar-refractivity contribution in [2.24, 2.45) is 0 Å². The van der Waals surface area contributed by atoms with E-state index in [4.69, 9.17) is 4.74 Å². The number of para-hydroxylation sites is 2. The monoisotopic (exact) mass is 337 g/mol. The molecule has 24 heavy (non-hydrogen) atoms. The summed E-state index contributed by atoms with van der Waals surface area (Å²) in [6.07, 6.45) is -2.11. The van der Waals surface area contributed by atoms with Crippen molar-refractivity contribution in [3.8, 4) is 11.5 Å². The van der Waals surface area contributed by atoms with Gasteiger partial charge in [-0.05, 0) is 35.9 Å². The average molecular weight is 337 g/mol. The van der Waals surface area contributed by atoms with E-state index < -0.39 is 18.0 Å². The molecule has 0 bridgehead atoms. The van der Waals surface area contributed by atoms with Gasteiger partial charge in [0.05, 0.1) is 12.8 Å². The second-order valence-electron chi connectivity index (χ2n) is 4.64. The van der Waals surface area contributed by atoms with Gasteiger partial charge in [0.25, 0.3) is 0 Å². The zero-order valence-corrected chi connectivity index (χ0v) is 12.6. The molecule has 1 N–H and O–H groups in total. The molecule has 0 fully saturated rings. The van der Waals surface area contributed by atoms with Crippen LogP contribution in [0, 0.1) is 0 Å². The van der Waals surface area contributed by atoms with E-state index in [1.54, 1.807) is 24.3 Å². The average Bonchev–Trinajstić information content (AvgIpc) is 2.54. The first-order chi connectivity index (χ1) is 11.4. The van der Waals surface area contributed by atoms with E-state index in [1.807, 2.05) is 0 Å². The van der Waals surface area contributed by atoms with Gasteiger partial charge in [-0.2, -0.15) is 0 Å². The lowest BCUT2D eigenvalue weighted by Crippen LogP contribution is -2.19. The fourth-order valence-corrected chi connectivity index (χ4v) is 1.88. The molecule has 0 saturated heterocycles. The largest absolute Gasteiger partial charge is 0.573 e. The molecule has 2 aromatic rings. The van der Waals surface area contributed by atoms with Crippen molar-refractivity contribution in [3.63, 3.8) is 0 Å². The van der Waals surface area contributed by atoms with Gasteiger partial charge in [-0.1, -0.05) is 24.3 Å². The Balaban J connectivity index is 2.08. The zero-order valence-electron chi connectivity index (χ0n) is 12.6. The van der Waals surface area contributed by atoms with E-state index in [1.165, 1.54) is 37.5 Å². The number of hydrogen-bond acceptors (Lipinski definition) is 3. The Bertz CT molecular complexity index is 742. The smallest absolute Gasteiger partial charge is 0.497 e. The molecule has 0 atom stereocenters. The number of carbonyl (C=O) groups excluding carboxylic acids is 1. The van der Waals surface area contributed by atoms with Crippen LogP contribution in [-0.4, -0.2) is 19.4 Å². The van der Waals surface area contributed by atoms with Crippen LogP contribution in [0.1, 0.15) is 5.56 Å². The third-order valence-corrected chi connectivity index (χ3v) is 2.89. The van der Waals surface area contributed by atoms with Crippen LogP contribution in [0.25, 0.3) is 6.08 Å². The Morgan fingerprint density at radius 1 is 1.12 bits per heavy atom. The predicted molar refractivity (Wildman–Crippen MR) is 83.8 cm³/mol. The number of carbonyl (C=O) groups is 1. The van der Waals surface area contributed by atoms with Crippen LogP contribution in [-0.2, 0) is 4.79 Å². The third-order valence-electron chi connectivity index (χ3n) is 2.89. The second kappa shape index (κ2) is 7.54. The van der Waals surface area contributed by atoms with Crippen molar-refractivity contribution in [1.29, 1.82) is 0 Å². The van der Waals surface area contributed by atoms with Crippen molar-refractivity contribution in [2.75, 3.05) is 12.4 Å². The number of benzene rings is 2. The highest BCUT2D eigenvalue weighted by Crippen LogP contribution is 2.29. The fourth-order valence-electron chi connectivity index (χ4n) is 1.88. The van der Waals surface area contributed by atoms with Gasteiger partial charge in [0.1, 0.15) is 5.75 Å². The van der Waals surface area contributed by atoms with Gasteiger partial charge < -0.3 is 14.8 Å². The van der Waals surface area contributed by atoms with Crippen molar-refractivity contribution >= 4 is 17.7 Å². The van der Waals surface area contributed by atoms with Crippen LogP contribution < -0.4 is 14.8 Å². The van der Waals surface area contributed by atoms with Gasteiger partial charge in [0.15, 0.2) is 5.75 Å². The number of anilines is 1. The van der Waals surface area contributed by atoms with E-state index in [0.717, 1.165) is 6.07 Å². The number of amides is 1. The lowest BCUT2D eigenvalue weighted by Gasteiger charge is -2.13. The highest BCUT2D eigenvalue weighted by Gasteiger charge is 2.32. The number of hydrogen-bond donors (Lipinski definition) is 1. The van der Waals surface area contributed by atoms with Gasteiger partial charge in [0.2, 0.25) is 5.91 Å². The molecule has 2 rings (SSSR count). The lowest BCUT2D eigenvalue weighted by atomic mass is 10.2. The van der Waals surface area contributed by atoms with Crippen molar-refractivity contribution in [2.45, 2.75) is 6.36 Å². The van der Waals surface area contributed by atoms with Crippen LogP contribution >= 0.6 is 0 Å². The number of alkyl halides is 3. The summed E-state index contributed by atoms with van der Waals surface area (Å²) in [7, 11) is 1.52. The normalized spacial score (nSPS) is 11.3. The fraction of sp³-hybridized carbons (Fsp3) is 0.118. The molecule has 0 saturated carbocycles. The quantitative estimate of drug-likeness (QED) is 0.830. The van der Waals surface area contributed by atoms with Crippen LogP contribution in [0.2, 0.25) is 0 Å². The molecule has 0 aromatic heterocycles. The molecule has 4 nitrogen and oxygen atoms in total. The molecule has 0 unspecified atom stereocenters. The summed E-state index contributed by atoms with van der Waals surface area (Å²) in [5.74, 6) is -0.439. The molecule has 126 valence electrons. The van der Waals surface area contributed by atoms with Gasteiger partial charge in [-0.3, -0.25) is 4.79 Å². The van der Waals surface area contributed by atoms with Crippen LogP contribution in [0.15, 0.2) is 54.6 Å². The SMILES string of the molecule is COc1cccc(/C=C/C(=O)Nc2ccccc2OC(F)(F)F)c1. The molecule has 0 spiro atoms. The van der Waals surface area contributed by atoms with E-state index >= 15 is 0 Å². The van der Waals surface area contributed by atoms with E-state index in [9.17, 15) is 18.0 Å². The molecule has 7 heteroatoms. The minimum absolute atomic E-state index is 0.0740. The summed E-state index contributed by atoms with van der Waals surface area (Å²) in [5, 5.41) is 2.35. The Labute approximate surface area is 136 Å². The minimum atomic E-state index is -4.84. The maximum Gasteiger partial charge on any atom is 0.573 e. The first kappa shape index (κ1) is 17.4. The molecule has 0 aliphatic rings. The van der Waals surface area contributed by atoms with Gasteiger partial charge >= 0.3 is 6.36 Å². The molecule has 0 radical (unpaired) electrons. The predicted octanol–water partition coefficient (Wildman–Crippen LogP) is 4.25. The molecule has 0 heterocycles. The second-order valence-corrected chi connectivity index (χ2v) is 4.64. The first-order valence-corrected chi connectivity index (χ1v) is 6.85. The summed E-state index contributed by atoms with van der Waals surface area (Å²) < 4.78 is 45.9. The molecular weight excluding hydrogens is 323 g/mol. The van der Waals surface area contributed by atoms with E-state index in [2.05, 4.69) is 10.1 Å². The molecular formula is C17H14F3NO3. The van der Waals surface area contributed by atoms with Gasteiger partial charge in [-0.25, -0.2) is 0 Å². The highest BCUT2D eigenvalue weighted by molar-refractivity contribution is 6.02. The maximum absolute atomic E-state index is 12.3. The first-order valence-electron chi connectivity index (χ1n) is 6.85. The molecule has 2 aromatic carbocycles. The minimum Gasteiger partial charge on any atom is -0.497 e. The summed E-state index contributed by atoms with van der Waals surface area (Å²) in [6.45, 7) is 0. The number of halogens is 3. The Morgan fingerprint density at radius 2 is 1.88 bits per heavy atom. The van der Waals surface area contributed by atoms with Crippen LogP contribution in [0.4, 0.5) is 18.9 Å². The summed E-state index contributed by atoms with van der Waals surface area (Å²) in [5.41, 5.74) is 0.638. The van der Waals surface area contributed by atoms with E-state index in [0.29, 0.717) is 11.3 Å². The van der Waals surface area contributed by atoms with Crippen LogP contribution in [0.3, 0.4) is 0 Å². The van der Waals surface area contributed by atoms with Crippen molar-refractivity contribution < 1.29 is 27.4 Å². The van der Waals surface area contributed by atoms with Gasteiger partial charge in [0, 0.05) is 6.08 Å².